The number of carbonyl (C=O) groups is 3. The van der Waals surface area contributed by atoms with Crippen molar-refractivity contribution in [2.75, 3.05) is 13.2 Å². The minimum atomic E-state index is -0.489. The summed E-state index contributed by atoms with van der Waals surface area (Å²) in [6.07, 6.45) is 7.05. The van der Waals surface area contributed by atoms with Crippen LogP contribution in [0, 0.1) is 0 Å². The molecule has 0 N–H and O–H groups in total. The second kappa shape index (κ2) is 20.0. The van der Waals surface area contributed by atoms with Gasteiger partial charge in [0.15, 0.2) is 0 Å². The van der Waals surface area contributed by atoms with E-state index < -0.39 is 17.9 Å². The lowest BCUT2D eigenvalue weighted by Crippen LogP contribution is -2.09. The second-order valence-corrected chi connectivity index (χ2v) is 11.8. The maximum absolute atomic E-state index is 12.7. The Morgan fingerprint density at radius 1 is 0.588 bits per heavy atom. The Kier molecular flexibility index (Phi) is 14.9. The van der Waals surface area contributed by atoms with Gasteiger partial charge in [0.2, 0.25) is 0 Å². The summed E-state index contributed by atoms with van der Waals surface area (Å²) in [5, 5.41) is 8.76. The molecule has 0 spiro atoms. The summed E-state index contributed by atoms with van der Waals surface area (Å²) < 4.78 is 21.7. The molecule has 9 nitrogen and oxygen atoms in total. The van der Waals surface area contributed by atoms with Gasteiger partial charge in [0.25, 0.3) is 0 Å². The first-order valence-corrected chi connectivity index (χ1v) is 17.1. The predicted octanol–water partition coefficient (Wildman–Crippen LogP) is 8.98. The predicted molar refractivity (Wildman–Crippen MR) is 199 cm³/mol. The fraction of sp³-hybridized carbons (Fsp3) is 0.262. The largest absolute Gasteiger partial charge is 0.494 e. The summed E-state index contributed by atoms with van der Waals surface area (Å²) in [4.78, 5) is 36.4. The van der Waals surface area contributed by atoms with Crippen molar-refractivity contribution in [2.24, 2.45) is 10.2 Å². The fourth-order valence-electron chi connectivity index (χ4n) is 4.83. The number of benzene rings is 4. The zero-order valence-electron chi connectivity index (χ0n) is 29.4. The van der Waals surface area contributed by atoms with Gasteiger partial charge < -0.3 is 18.9 Å². The maximum atomic E-state index is 12.7. The number of unbranched alkanes of at least 4 members (excludes halogenated alkanes) is 3. The van der Waals surface area contributed by atoms with E-state index in [1.807, 2.05) is 62.4 Å². The van der Waals surface area contributed by atoms with Crippen LogP contribution in [0.3, 0.4) is 0 Å². The molecular formula is C42H44N2O7. The quantitative estimate of drug-likeness (QED) is 0.0256. The number of hydrogen-bond acceptors (Lipinski definition) is 9. The van der Waals surface area contributed by atoms with Gasteiger partial charge in [0, 0.05) is 6.08 Å². The van der Waals surface area contributed by atoms with Crippen LogP contribution < -0.4 is 14.2 Å². The van der Waals surface area contributed by atoms with Crippen LogP contribution in [0.1, 0.15) is 90.3 Å². The van der Waals surface area contributed by atoms with Gasteiger partial charge in [-0.25, -0.2) is 14.4 Å². The van der Waals surface area contributed by atoms with Gasteiger partial charge in [-0.2, -0.15) is 10.2 Å². The van der Waals surface area contributed by atoms with Crippen molar-refractivity contribution < 1.29 is 33.3 Å². The lowest BCUT2D eigenvalue weighted by Gasteiger charge is -2.08. The van der Waals surface area contributed by atoms with E-state index in [1.165, 1.54) is 18.4 Å². The third-order valence-electron chi connectivity index (χ3n) is 7.88. The van der Waals surface area contributed by atoms with Gasteiger partial charge in [0.05, 0.1) is 35.8 Å². The van der Waals surface area contributed by atoms with E-state index >= 15 is 0 Å². The van der Waals surface area contributed by atoms with Crippen LogP contribution >= 0.6 is 0 Å². The summed E-state index contributed by atoms with van der Waals surface area (Å²) in [6, 6.07) is 28.5. The summed E-state index contributed by atoms with van der Waals surface area (Å²) in [5.74, 6) is 0.144. The molecule has 9 heteroatoms. The first-order valence-electron chi connectivity index (χ1n) is 17.1. The number of aryl methyl sites for hydroxylation is 1. The van der Waals surface area contributed by atoms with Crippen LogP contribution in [-0.2, 0) is 16.0 Å². The van der Waals surface area contributed by atoms with Crippen molar-refractivity contribution in [1.29, 1.82) is 0 Å². The van der Waals surface area contributed by atoms with Crippen LogP contribution in [0.5, 0.6) is 17.2 Å². The number of rotatable bonds is 18. The topological polar surface area (TPSA) is 113 Å². The lowest BCUT2D eigenvalue weighted by atomic mass is 10.1. The van der Waals surface area contributed by atoms with E-state index in [0.717, 1.165) is 30.0 Å². The number of carbonyl (C=O) groups excluding carboxylic acids is 3. The van der Waals surface area contributed by atoms with Crippen LogP contribution in [0.15, 0.2) is 120 Å². The summed E-state index contributed by atoms with van der Waals surface area (Å²) >= 11 is 0. The molecule has 4 aromatic rings. The molecule has 0 unspecified atom stereocenters. The minimum absolute atomic E-state index is 0.313. The first kappa shape index (κ1) is 38.0. The van der Waals surface area contributed by atoms with E-state index in [0.29, 0.717) is 65.9 Å². The average Bonchev–Trinajstić information content (AvgIpc) is 3.16. The van der Waals surface area contributed by atoms with Gasteiger partial charge >= 0.3 is 17.9 Å². The van der Waals surface area contributed by atoms with Gasteiger partial charge in [-0.05, 0) is 141 Å². The Hall–Kier alpha value is -5.83. The molecule has 0 heterocycles. The highest BCUT2D eigenvalue weighted by Gasteiger charge is 2.11. The molecule has 264 valence electrons. The van der Waals surface area contributed by atoms with Gasteiger partial charge in [-0.1, -0.05) is 38.5 Å². The average molecular weight is 689 g/mol. The SMILES string of the molecule is C=CC(=O)OCCCCOc1ccc(C(=O)Oc2ccc(C(C)=NN=C(C)c3ccc(OC(=O)c4ccc(CCCCC)cc4)cc3)cc2)cc1. The molecule has 0 aromatic heterocycles. The number of hydrogen-bond donors (Lipinski definition) is 0. The Labute approximate surface area is 299 Å². The smallest absolute Gasteiger partial charge is 0.343 e. The molecule has 0 saturated heterocycles. The minimum Gasteiger partial charge on any atom is -0.494 e. The molecule has 0 aliphatic carbocycles. The molecule has 0 radical (unpaired) electrons. The molecule has 51 heavy (non-hydrogen) atoms. The van der Waals surface area contributed by atoms with Gasteiger partial charge in [0.1, 0.15) is 17.2 Å². The van der Waals surface area contributed by atoms with Crippen molar-refractivity contribution in [3.63, 3.8) is 0 Å². The molecule has 0 saturated carbocycles. The van der Waals surface area contributed by atoms with Crippen LogP contribution in [0.4, 0.5) is 0 Å². The zero-order chi connectivity index (χ0) is 36.4. The van der Waals surface area contributed by atoms with Crippen LogP contribution in [0.2, 0.25) is 0 Å². The second-order valence-electron chi connectivity index (χ2n) is 11.8. The molecule has 0 fully saturated rings. The number of esters is 3. The molecule has 0 amide bonds. The zero-order valence-corrected chi connectivity index (χ0v) is 29.4. The number of nitrogens with zero attached hydrogens (tertiary/aromatic N) is 2. The van der Waals surface area contributed by atoms with Crippen molar-refractivity contribution in [2.45, 2.75) is 59.3 Å². The van der Waals surface area contributed by atoms with E-state index in [4.69, 9.17) is 18.9 Å². The lowest BCUT2D eigenvalue weighted by molar-refractivity contribution is -0.137. The van der Waals surface area contributed by atoms with Crippen LogP contribution in [-0.4, -0.2) is 42.5 Å². The highest BCUT2D eigenvalue weighted by Crippen LogP contribution is 2.19. The highest BCUT2D eigenvalue weighted by molar-refractivity contribution is 6.02. The van der Waals surface area contributed by atoms with Gasteiger partial charge in [-0.15, -0.1) is 0 Å². The van der Waals surface area contributed by atoms with E-state index in [9.17, 15) is 14.4 Å². The normalized spacial score (nSPS) is 11.4. The fourth-order valence-corrected chi connectivity index (χ4v) is 4.83. The third kappa shape index (κ3) is 12.5. The molecule has 0 aliphatic heterocycles. The molecule has 0 aliphatic rings. The molecule has 4 rings (SSSR count). The Bertz CT molecular complexity index is 1810. The summed E-state index contributed by atoms with van der Waals surface area (Å²) in [7, 11) is 0. The maximum Gasteiger partial charge on any atom is 0.343 e. The highest BCUT2D eigenvalue weighted by atomic mass is 16.5. The van der Waals surface area contributed by atoms with Crippen molar-refractivity contribution in [3.05, 3.63) is 138 Å². The van der Waals surface area contributed by atoms with E-state index in [2.05, 4.69) is 23.7 Å². The van der Waals surface area contributed by atoms with E-state index in [1.54, 1.807) is 48.5 Å². The van der Waals surface area contributed by atoms with Crippen molar-refractivity contribution in [3.8, 4) is 17.2 Å². The molecule has 4 aromatic carbocycles. The first-order chi connectivity index (χ1) is 24.7. The van der Waals surface area contributed by atoms with Crippen LogP contribution in [0.25, 0.3) is 0 Å². The molecule has 0 atom stereocenters. The summed E-state index contributed by atoms with van der Waals surface area (Å²) in [5.41, 5.74) is 5.16. The Morgan fingerprint density at radius 2 is 1.04 bits per heavy atom. The number of ether oxygens (including phenoxy) is 4. The third-order valence-corrected chi connectivity index (χ3v) is 7.88. The van der Waals surface area contributed by atoms with Gasteiger partial charge in [-0.3, -0.25) is 0 Å². The molecular weight excluding hydrogens is 644 g/mol. The monoisotopic (exact) mass is 688 g/mol. The van der Waals surface area contributed by atoms with Crippen molar-refractivity contribution in [1.82, 2.24) is 0 Å². The Morgan fingerprint density at radius 3 is 1.53 bits per heavy atom. The van der Waals surface area contributed by atoms with Crippen molar-refractivity contribution >= 4 is 29.3 Å². The van der Waals surface area contributed by atoms with E-state index in [-0.39, 0.29) is 0 Å². The Balaban J connectivity index is 1.23. The summed E-state index contributed by atoms with van der Waals surface area (Å²) in [6.45, 7) is 10.0. The standard InChI is InChI=1S/C42H44N2O7/c1-5-7-8-11-32-12-14-35(15-13-32)41(46)50-38-24-16-33(17-25-38)30(3)43-44-31(4)34-18-26-39(27-19-34)51-42(47)36-20-22-37(23-21-36)48-28-9-10-29-49-40(45)6-2/h6,12-27H,2,5,7-11,28-29H2,1,3-4H3. The molecule has 0 bridgehead atoms.